The Kier molecular flexibility index (Phi) is 8.86. The van der Waals surface area contributed by atoms with Gasteiger partial charge in [-0.1, -0.05) is 83.8 Å². The van der Waals surface area contributed by atoms with Crippen LogP contribution in [0.2, 0.25) is 0 Å². The van der Waals surface area contributed by atoms with Crippen LogP contribution in [-0.4, -0.2) is 15.0 Å². The zero-order valence-corrected chi connectivity index (χ0v) is 19.0. The molecule has 0 saturated heterocycles. The van der Waals surface area contributed by atoms with E-state index >= 15 is 0 Å². The second-order valence-electron chi connectivity index (χ2n) is 9.64. The molecule has 0 amide bonds. The minimum absolute atomic E-state index is 0.585. The zero-order valence-electron chi connectivity index (χ0n) is 19.0. The molecule has 0 spiro atoms. The van der Waals surface area contributed by atoms with Gasteiger partial charge in [0.15, 0.2) is 0 Å². The summed E-state index contributed by atoms with van der Waals surface area (Å²) < 4.78 is 2.39. The molecule has 0 N–H and O–H groups in total. The van der Waals surface area contributed by atoms with Gasteiger partial charge in [-0.05, 0) is 62.7 Å². The topological polar surface area (TPSA) is 30.7 Å². The van der Waals surface area contributed by atoms with Gasteiger partial charge in [0, 0.05) is 0 Å². The number of aromatic nitrogens is 3. The summed E-state index contributed by atoms with van der Waals surface area (Å²) in [5, 5.41) is 9.40. The summed E-state index contributed by atoms with van der Waals surface area (Å²) in [5.74, 6) is 3.04. The highest BCUT2D eigenvalue weighted by atomic mass is 15.4. The van der Waals surface area contributed by atoms with E-state index < -0.39 is 0 Å². The third-order valence-corrected chi connectivity index (χ3v) is 7.58. The molecule has 0 aliphatic heterocycles. The minimum atomic E-state index is 0.585. The lowest BCUT2D eigenvalue weighted by Crippen LogP contribution is -2.16. The van der Waals surface area contributed by atoms with Crippen molar-refractivity contribution < 1.29 is 0 Å². The lowest BCUT2D eigenvalue weighted by Gasteiger charge is -2.20. The SMILES string of the molecule is CCCCCCC1C2CCc3nnn(C(CCCC)CCCCC)c3CCC12. The van der Waals surface area contributed by atoms with E-state index in [0.717, 1.165) is 17.8 Å². The average Bonchev–Trinajstić information content (AvgIpc) is 3.18. The predicted octanol–water partition coefficient (Wildman–Crippen LogP) is 7.30. The van der Waals surface area contributed by atoms with Crippen LogP contribution >= 0.6 is 0 Å². The first kappa shape index (κ1) is 21.8. The second kappa shape index (κ2) is 11.4. The fourth-order valence-corrected chi connectivity index (χ4v) is 5.77. The Hall–Kier alpha value is -0.860. The molecule has 0 aromatic carbocycles. The molecule has 2 aliphatic rings. The van der Waals surface area contributed by atoms with E-state index in [-0.39, 0.29) is 0 Å². The molecule has 0 radical (unpaired) electrons. The number of nitrogens with zero attached hydrogens (tertiary/aromatic N) is 3. The summed E-state index contributed by atoms with van der Waals surface area (Å²) in [6.07, 6.45) is 21.5. The minimum Gasteiger partial charge on any atom is -0.246 e. The van der Waals surface area contributed by atoms with Crippen LogP contribution in [-0.2, 0) is 12.8 Å². The maximum atomic E-state index is 4.71. The molecule has 3 heteroatoms. The highest BCUT2D eigenvalue weighted by Crippen LogP contribution is 2.55. The Labute approximate surface area is 174 Å². The third kappa shape index (κ3) is 5.60. The fourth-order valence-electron chi connectivity index (χ4n) is 5.77. The monoisotopic (exact) mass is 387 g/mol. The summed E-state index contributed by atoms with van der Waals surface area (Å²) in [4.78, 5) is 0. The van der Waals surface area contributed by atoms with Crippen molar-refractivity contribution in [2.24, 2.45) is 17.8 Å². The van der Waals surface area contributed by atoms with E-state index in [1.54, 1.807) is 0 Å². The standard InChI is InChI=1S/C25H45N3/c1-4-7-10-12-15-21-22-16-18-24-25(19-17-23(21)22)28(27-26-24)20(13-9-6-3)14-11-8-5-2/h20-23H,4-19H2,1-3H3. The van der Waals surface area contributed by atoms with Crippen LogP contribution in [0.5, 0.6) is 0 Å². The van der Waals surface area contributed by atoms with Gasteiger partial charge < -0.3 is 0 Å². The van der Waals surface area contributed by atoms with Crippen molar-refractivity contribution in [3.05, 3.63) is 11.4 Å². The van der Waals surface area contributed by atoms with Gasteiger partial charge in [0.1, 0.15) is 0 Å². The highest BCUT2D eigenvalue weighted by Gasteiger charge is 2.48. The van der Waals surface area contributed by atoms with Gasteiger partial charge in [0.25, 0.3) is 0 Å². The Balaban J connectivity index is 1.59. The van der Waals surface area contributed by atoms with Gasteiger partial charge in [0.05, 0.1) is 17.4 Å². The van der Waals surface area contributed by atoms with Crippen molar-refractivity contribution in [3.8, 4) is 0 Å². The molecule has 1 fully saturated rings. The number of fused-ring (bicyclic) bond motifs is 2. The van der Waals surface area contributed by atoms with Crippen molar-refractivity contribution in [2.45, 2.75) is 130 Å². The van der Waals surface area contributed by atoms with Crippen molar-refractivity contribution >= 4 is 0 Å². The molecule has 1 aromatic heterocycles. The number of aryl methyl sites for hydroxylation is 1. The zero-order chi connectivity index (χ0) is 19.8. The molecule has 1 saturated carbocycles. The molecule has 160 valence electrons. The molecular formula is C25H45N3. The van der Waals surface area contributed by atoms with Crippen LogP contribution in [0.4, 0.5) is 0 Å². The van der Waals surface area contributed by atoms with Gasteiger partial charge in [-0.25, -0.2) is 4.68 Å². The Bertz CT molecular complexity index is 564. The summed E-state index contributed by atoms with van der Waals surface area (Å²) >= 11 is 0. The molecule has 3 rings (SSSR count). The molecule has 4 atom stereocenters. The van der Waals surface area contributed by atoms with Gasteiger partial charge in [-0.2, -0.15) is 0 Å². The summed E-state index contributed by atoms with van der Waals surface area (Å²) in [6, 6.07) is 0.585. The van der Waals surface area contributed by atoms with Crippen LogP contribution < -0.4 is 0 Å². The first-order chi connectivity index (χ1) is 13.8. The lowest BCUT2D eigenvalue weighted by molar-refractivity contribution is 0.355. The third-order valence-electron chi connectivity index (χ3n) is 7.58. The van der Waals surface area contributed by atoms with Gasteiger partial charge in [-0.3, -0.25) is 0 Å². The van der Waals surface area contributed by atoms with Crippen molar-refractivity contribution in [2.75, 3.05) is 0 Å². The first-order valence-corrected chi connectivity index (χ1v) is 12.7. The number of hydrogen-bond acceptors (Lipinski definition) is 2. The molecule has 3 nitrogen and oxygen atoms in total. The van der Waals surface area contributed by atoms with E-state index in [4.69, 9.17) is 10.3 Å². The van der Waals surface area contributed by atoms with E-state index in [0.29, 0.717) is 6.04 Å². The van der Waals surface area contributed by atoms with Crippen LogP contribution in [0.15, 0.2) is 0 Å². The molecule has 0 bridgehead atoms. The van der Waals surface area contributed by atoms with Crippen molar-refractivity contribution in [1.82, 2.24) is 15.0 Å². The van der Waals surface area contributed by atoms with Crippen molar-refractivity contribution in [1.29, 1.82) is 0 Å². The maximum Gasteiger partial charge on any atom is 0.0859 e. The van der Waals surface area contributed by atoms with Crippen LogP contribution in [0.25, 0.3) is 0 Å². The summed E-state index contributed by atoms with van der Waals surface area (Å²) in [5.41, 5.74) is 2.85. The highest BCUT2D eigenvalue weighted by molar-refractivity contribution is 5.16. The Morgan fingerprint density at radius 3 is 2.25 bits per heavy atom. The molecule has 2 aliphatic carbocycles. The lowest BCUT2D eigenvalue weighted by atomic mass is 9.99. The maximum absolute atomic E-state index is 4.71. The smallest absolute Gasteiger partial charge is 0.0859 e. The van der Waals surface area contributed by atoms with Gasteiger partial charge in [-0.15, -0.1) is 5.10 Å². The average molecular weight is 388 g/mol. The molecule has 28 heavy (non-hydrogen) atoms. The van der Waals surface area contributed by atoms with Crippen LogP contribution in [0, 0.1) is 17.8 Å². The van der Waals surface area contributed by atoms with Gasteiger partial charge >= 0.3 is 0 Å². The first-order valence-electron chi connectivity index (χ1n) is 12.7. The van der Waals surface area contributed by atoms with Crippen LogP contribution in [0.1, 0.15) is 128 Å². The predicted molar refractivity (Wildman–Crippen MR) is 119 cm³/mol. The van der Waals surface area contributed by atoms with E-state index in [1.165, 1.54) is 114 Å². The molecular weight excluding hydrogens is 342 g/mol. The summed E-state index contributed by atoms with van der Waals surface area (Å²) in [7, 11) is 0. The van der Waals surface area contributed by atoms with Crippen molar-refractivity contribution in [3.63, 3.8) is 0 Å². The normalized spacial score (nSPS) is 24.9. The summed E-state index contributed by atoms with van der Waals surface area (Å²) in [6.45, 7) is 6.93. The Morgan fingerprint density at radius 1 is 0.821 bits per heavy atom. The number of hydrogen-bond donors (Lipinski definition) is 0. The quantitative estimate of drug-likeness (QED) is 0.332. The molecule has 4 unspecified atom stereocenters. The number of unbranched alkanes of at least 4 members (excludes halogenated alkanes) is 6. The van der Waals surface area contributed by atoms with E-state index in [9.17, 15) is 0 Å². The van der Waals surface area contributed by atoms with Gasteiger partial charge in [0.2, 0.25) is 0 Å². The van der Waals surface area contributed by atoms with E-state index in [2.05, 4.69) is 25.5 Å². The molecule has 1 aromatic rings. The second-order valence-corrected chi connectivity index (χ2v) is 9.64. The molecule has 1 heterocycles. The van der Waals surface area contributed by atoms with E-state index in [1.807, 2.05) is 0 Å². The number of rotatable bonds is 13. The van der Waals surface area contributed by atoms with Crippen LogP contribution in [0.3, 0.4) is 0 Å². The fraction of sp³-hybridized carbons (Fsp3) is 0.920. The largest absolute Gasteiger partial charge is 0.246 e. The Morgan fingerprint density at radius 2 is 1.50 bits per heavy atom.